The van der Waals surface area contributed by atoms with Gasteiger partial charge < -0.3 is 5.32 Å². The Morgan fingerprint density at radius 3 is 2.25 bits per heavy atom. The summed E-state index contributed by atoms with van der Waals surface area (Å²) >= 11 is 3.49. The molecular formula is C18H22BrN. The maximum absolute atomic E-state index is 3.62. The first-order chi connectivity index (χ1) is 9.70. The Hall–Kier alpha value is -1.12. The first-order valence-corrected chi connectivity index (χ1v) is 8.02. The summed E-state index contributed by atoms with van der Waals surface area (Å²) in [7, 11) is 0. The minimum absolute atomic E-state index is 0.407. The van der Waals surface area contributed by atoms with E-state index < -0.39 is 0 Å². The number of nitrogens with one attached hydrogen (secondary N) is 1. The van der Waals surface area contributed by atoms with Gasteiger partial charge in [-0.2, -0.15) is 0 Å². The molecule has 106 valence electrons. The maximum atomic E-state index is 3.62. The molecule has 0 saturated heterocycles. The van der Waals surface area contributed by atoms with Crippen molar-refractivity contribution >= 4 is 15.9 Å². The average Bonchev–Trinajstić information content (AvgIpc) is 2.48. The molecule has 0 amide bonds. The Kier molecular flexibility index (Phi) is 5.81. The van der Waals surface area contributed by atoms with Crippen LogP contribution in [0.4, 0.5) is 0 Å². The predicted molar refractivity (Wildman–Crippen MR) is 89.9 cm³/mol. The van der Waals surface area contributed by atoms with Crippen LogP contribution in [-0.4, -0.2) is 6.54 Å². The third-order valence-electron chi connectivity index (χ3n) is 3.62. The van der Waals surface area contributed by atoms with Gasteiger partial charge in [0.25, 0.3) is 0 Å². The molecular weight excluding hydrogens is 310 g/mol. The van der Waals surface area contributed by atoms with Crippen LogP contribution in [0.3, 0.4) is 0 Å². The van der Waals surface area contributed by atoms with E-state index in [2.05, 4.69) is 89.7 Å². The van der Waals surface area contributed by atoms with Gasteiger partial charge >= 0.3 is 0 Å². The standard InChI is InChI=1S/C18H22BrN/c1-3-20-18(16-7-5-4-6-8-16)14(2)13-15-9-11-17(19)12-10-15/h4-12,14,18,20H,3,13H2,1-2H3. The molecule has 0 aromatic heterocycles. The minimum atomic E-state index is 0.407. The van der Waals surface area contributed by atoms with Crippen molar-refractivity contribution in [3.63, 3.8) is 0 Å². The SMILES string of the molecule is CCNC(c1ccccc1)C(C)Cc1ccc(Br)cc1. The van der Waals surface area contributed by atoms with Crippen LogP contribution >= 0.6 is 15.9 Å². The molecule has 0 radical (unpaired) electrons. The normalized spacial score (nSPS) is 13.9. The van der Waals surface area contributed by atoms with Gasteiger partial charge in [0.2, 0.25) is 0 Å². The van der Waals surface area contributed by atoms with Gasteiger partial charge in [0, 0.05) is 10.5 Å². The van der Waals surface area contributed by atoms with E-state index >= 15 is 0 Å². The van der Waals surface area contributed by atoms with Crippen LogP contribution in [0.25, 0.3) is 0 Å². The zero-order chi connectivity index (χ0) is 14.4. The predicted octanol–water partition coefficient (Wildman–Crippen LogP) is 4.98. The first-order valence-electron chi connectivity index (χ1n) is 7.23. The summed E-state index contributed by atoms with van der Waals surface area (Å²) < 4.78 is 1.14. The second kappa shape index (κ2) is 7.61. The Bertz CT molecular complexity index is 507. The van der Waals surface area contributed by atoms with E-state index in [-0.39, 0.29) is 0 Å². The topological polar surface area (TPSA) is 12.0 Å². The lowest BCUT2D eigenvalue weighted by Crippen LogP contribution is -2.28. The molecule has 0 saturated carbocycles. The summed E-state index contributed by atoms with van der Waals surface area (Å²) in [6.07, 6.45) is 1.08. The number of hydrogen-bond acceptors (Lipinski definition) is 1. The fourth-order valence-electron chi connectivity index (χ4n) is 2.64. The molecule has 0 aliphatic heterocycles. The molecule has 20 heavy (non-hydrogen) atoms. The number of hydrogen-bond donors (Lipinski definition) is 1. The van der Waals surface area contributed by atoms with Crippen LogP contribution in [0, 0.1) is 5.92 Å². The molecule has 1 N–H and O–H groups in total. The maximum Gasteiger partial charge on any atom is 0.0349 e. The van der Waals surface area contributed by atoms with Crippen molar-refractivity contribution in [2.45, 2.75) is 26.3 Å². The van der Waals surface area contributed by atoms with Gasteiger partial charge in [0.1, 0.15) is 0 Å². The highest BCUT2D eigenvalue weighted by atomic mass is 79.9. The second-order valence-corrected chi connectivity index (χ2v) is 6.17. The number of rotatable bonds is 6. The van der Waals surface area contributed by atoms with E-state index in [1.807, 2.05) is 0 Å². The van der Waals surface area contributed by atoms with Gasteiger partial charge in [-0.3, -0.25) is 0 Å². The van der Waals surface area contributed by atoms with Crippen LogP contribution in [0.1, 0.15) is 31.0 Å². The monoisotopic (exact) mass is 331 g/mol. The molecule has 0 fully saturated rings. The van der Waals surface area contributed by atoms with Crippen molar-refractivity contribution in [1.29, 1.82) is 0 Å². The Morgan fingerprint density at radius 1 is 1.00 bits per heavy atom. The fraction of sp³-hybridized carbons (Fsp3) is 0.333. The van der Waals surface area contributed by atoms with Crippen LogP contribution in [0.15, 0.2) is 59.1 Å². The van der Waals surface area contributed by atoms with Crippen LogP contribution in [-0.2, 0) is 6.42 Å². The summed E-state index contributed by atoms with van der Waals surface area (Å²) in [4.78, 5) is 0. The molecule has 0 aliphatic rings. The molecule has 2 aromatic carbocycles. The van der Waals surface area contributed by atoms with Gasteiger partial charge in [-0.25, -0.2) is 0 Å². The highest BCUT2D eigenvalue weighted by molar-refractivity contribution is 9.10. The summed E-state index contributed by atoms with van der Waals surface area (Å²) in [5.41, 5.74) is 2.76. The third kappa shape index (κ3) is 4.19. The quantitative estimate of drug-likeness (QED) is 0.787. The van der Waals surface area contributed by atoms with Gasteiger partial charge in [0.05, 0.1) is 0 Å². The summed E-state index contributed by atoms with van der Waals surface area (Å²) in [5.74, 6) is 0.554. The number of halogens is 1. The molecule has 0 spiro atoms. The summed E-state index contributed by atoms with van der Waals surface area (Å²) in [6.45, 7) is 5.48. The molecule has 2 atom stereocenters. The van der Waals surface area contributed by atoms with E-state index in [1.165, 1.54) is 11.1 Å². The Balaban J connectivity index is 2.11. The first kappa shape index (κ1) is 15.3. The van der Waals surface area contributed by atoms with Crippen molar-refractivity contribution in [3.05, 3.63) is 70.2 Å². The van der Waals surface area contributed by atoms with Crippen LogP contribution < -0.4 is 5.32 Å². The van der Waals surface area contributed by atoms with Gasteiger partial charge in [-0.1, -0.05) is 72.2 Å². The summed E-state index contributed by atoms with van der Waals surface area (Å²) in [6, 6.07) is 19.8. The van der Waals surface area contributed by atoms with Crippen molar-refractivity contribution in [1.82, 2.24) is 5.32 Å². The Morgan fingerprint density at radius 2 is 1.65 bits per heavy atom. The third-order valence-corrected chi connectivity index (χ3v) is 4.15. The molecule has 0 bridgehead atoms. The molecule has 0 aliphatic carbocycles. The van der Waals surface area contributed by atoms with E-state index in [0.29, 0.717) is 12.0 Å². The number of benzene rings is 2. The van der Waals surface area contributed by atoms with Crippen molar-refractivity contribution in [2.24, 2.45) is 5.92 Å². The molecule has 0 heterocycles. The van der Waals surface area contributed by atoms with Gasteiger partial charge in [0.15, 0.2) is 0 Å². The Labute approximate surface area is 130 Å². The minimum Gasteiger partial charge on any atom is -0.310 e. The molecule has 1 nitrogen and oxygen atoms in total. The largest absolute Gasteiger partial charge is 0.310 e. The van der Waals surface area contributed by atoms with Crippen molar-refractivity contribution < 1.29 is 0 Å². The zero-order valence-corrected chi connectivity index (χ0v) is 13.7. The van der Waals surface area contributed by atoms with Crippen LogP contribution in [0.2, 0.25) is 0 Å². The molecule has 2 aromatic rings. The lowest BCUT2D eigenvalue weighted by molar-refractivity contribution is 0.391. The highest BCUT2D eigenvalue weighted by Gasteiger charge is 2.18. The molecule has 2 unspecified atom stereocenters. The average molecular weight is 332 g/mol. The molecule has 2 heteroatoms. The van der Waals surface area contributed by atoms with Gasteiger partial charge in [-0.05, 0) is 42.1 Å². The lowest BCUT2D eigenvalue weighted by atomic mass is 9.89. The highest BCUT2D eigenvalue weighted by Crippen LogP contribution is 2.25. The van der Waals surface area contributed by atoms with E-state index in [9.17, 15) is 0 Å². The van der Waals surface area contributed by atoms with E-state index in [1.54, 1.807) is 0 Å². The second-order valence-electron chi connectivity index (χ2n) is 5.25. The smallest absolute Gasteiger partial charge is 0.0349 e. The van der Waals surface area contributed by atoms with Gasteiger partial charge in [-0.15, -0.1) is 0 Å². The zero-order valence-electron chi connectivity index (χ0n) is 12.1. The van der Waals surface area contributed by atoms with Crippen LogP contribution in [0.5, 0.6) is 0 Å². The van der Waals surface area contributed by atoms with E-state index in [4.69, 9.17) is 0 Å². The summed E-state index contributed by atoms with van der Waals surface area (Å²) in [5, 5.41) is 3.62. The molecule has 2 rings (SSSR count). The van der Waals surface area contributed by atoms with E-state index in [0.717, 1.165) is 17.4 Å². The lowest BCUT2D eigenvalue weighted by Gasteiger charge is -2.25. The van der Waals surface area contributed by atoms with Crippen molar-refractivity contribution in [3.8, 4) is 0 Å². The van der Waals surface area contributed by atoms with Crippen molar-refractivity contribution in [2.75, 3.05) is 6.54 Å². The fourth-order valence-corrected chi connectivity index (χ4v) is 2.90.